The number of para-hydroxylation sites is 1. The summed E-state index contributed by atoms with van der Waals surface area (Å²) in [4.78, 5) is 0. The predicted molar refractivity (Wildman–Crippen MR) is 134 cm³/mol. The van der Waals surface area contributed by atoms with Gasteiger partial charge in [0.25, 0.3) is 0 Å². The number of rotatable bonds is 11. The molecule has 0 heterocycles. The van der Waals surface area contributed by atoms with Gasteiger partial charge in [0.15, 0.2) is 0 Å². The fraction of sp³-hybridized carbons (Fsp3) is 0.778. The highest BCUT2D eigenvalue weighted by atomic mass is 28.4. The Balaban J connectivity index is 1.44. The van der Waals surface area contributed by atoms with Gasteiger partial charge in [-0.3, -0.25) is 0 Å². The van der Waals surface area contributed by atoms with Gasteiger partial charge in [-0.25, -0.2) is 0 Å². The molecular formula is C27H45NO3Si. The Morgan fingerprint density at radius 1 is 0.625 bits per heavy atom. The molecule has 5 heteroatoms. The van der Waals surface area contributed by atoms with Crippen LogP contribution in [-0.4, -0.2) is 33.7 Å². The van der Waals surface area contributed by atoms with Crippen LogP contribution in [0, 0.1) is 0 Å². The lowest BCUT2D eigenvalue weighted by molar-refractivity contribution is -0.0409. The zero-order chi connectivity index (χ0) is 21.9. The molecular weight excluding hydrogens is 414 g/mol. The second-order valence-electron chi connectivity index (χ2n) is 10.2. The largest absolute Gasteiger partial charge is 0.501 e. The lowest BCUT2D eigenvalue weighted by atomic mass is 9.98. The molecule has 0 aliphatic heterocycles. The van der Waals surface area contributed by atoms with Crippen LogP contribution in [0.2, 0.25) is 6.04 Å². The van der Waals surface area contributed by atoms with Crippen LogP contribution in [0.3, 0.4) is 0 Å². The third kappa shape index (κ3) is 7.86. The van der Waals surface area contributed by atoms with E-state index in [2.05, 4.69) is 35.6 Å². The molecule has 3 fully saturated rings. The van der Waals surface area contributed by atoms with Crippen molar-refractivity contribution in [3.63, 3.8) is 0 Å². The molecule has 0 spiro atoms. The summed E-state index contributed by atoms with van der Waals surface area (Å²) in [6, 6.07) is 11.5. The molecule has 0 amide bonds. The zero-order valence-electron chi connectivity index (χ0n) is 20.1. The van der Waals surface area contributed by atoms with E-state index in [-0.39, 0.29) is 0 Å². The van der Waals surface area contributed by atoms with E-state index in [0.29, 0.717) is 18.3 Å². The lowest BCUT2D eigenvalue weighted by Gasteiger charge is -2.41. The molecule has 3 saturated carbocycles. The Kier molecular flexibility index (Phi) is 9.94. The molecule has 0 radical (unpaired) electrons. The smallest absolute Gasteiger partial charge is 0.385 e. The van der Waals surface area contributed by atoms with Crippen LogP contribution >= 0.6 is 0 Å². The zero-order valence-corrected chi connectivity index (χ0v) is 21.1. The Hall–Kier alpha value is -0.883. The van der Waals surface area contributed by atoms with Crippen LogP contribution in [0.1, 0.15) is 103 Å². The maximum atomic E-state index is 7.00. The van der Waals surface area contributed by atoms with Gasteiger partial charge < -0.3 is 18.6 Å². The van der Waals surface area contributed by atoms with Gasteiger partial charge in [-0.15, -0.1) is 0 Å². The summed E-state index contributed by atoms with van der Waals surface area (Å²) in [6.07, 6.45) is 20.9. The van der Waals surface area contributed by atoms with Crippen molar-refractivity contribution in [2.24, 2.45) is 0 Å². The first-order valence-electron chi connectivity index (χ1n) is 13.6. The summed E-state index contributed by atoms with van der Waals surface area (Å²) in [5, 5.41) is 3.58. The molecule has 0 atom stereocenters. The van der Waals surface area contributed by atoms with Gasteiger partial charge in [-0.1, -0.05) is 76.0 Å². The summed E-state index contributed by atoms with van der Waals surface area (Å²) in [6.45, 7) is 0.939. The monoisotopic (exact) mass is 459 g/mol. The summed E-state index contributed by atoms with van der Waals surface area (Å²) in [7, 11) is -2.74. The van der Waals surface area contributed by atoms with Crippen LogP contribution in [0.15, 0.2) is 30.3 Å². The first-order valence-corrected chi connectivity index (χ1v) is 15.6. The van der Waals surface area contributed by atoms with Gasteiger partial charge in [0, 0.05) is 36.6 Å². The van der Waals surface area contributed by atoms with Crippen molar-refractivity contribution in [2.75, 3.05) is 11.9 Å². The predicted octanol–water partition coefficient (Wildman–Crippen LogP) is 7.48. The Labute approximate surface area is 197 Å². The van der Waals surface area contributed by atoms with Crippen molar-refractivity contribution < 1.29 is 13.3 Å². The number of hydrogen-bond acceptors (Lipinski definition) is 4. The molecule has 0 aromatic heterocycles. The average molecular weight is 460 g/mol. The van der Waals surface area contributed by atoms with E-state index in [1.807, 2.05) is 0 Å². The molecule has 1 aromatic rings. The average Bonchev–Trinajstić information content (AvgIpc) is 2.84. The van der Waals surface area contributed by atoms with E-state index in [0.717, 1.165) is 19.0 Å². The van der Waals surface area contributed by atoms with Crippen molar-refractivity contribution in [3.05, 3.63) is 30.3 Å². The van der Waals surface area contributed by atoms with Crippen LogP contribution < -0.4 is 5.32 Å². The fourth-order valence-electron chi connectivity index (χ4n) is 5.66. The van der Waals surface area contributed by atoms with E-state index < -0.39 is 8.80 Å². The third-order valence-electron chi connectivity index (χ3n) is 7.46. The molecule has 0 saturated heterocycles. The summed E-state index contributed by atoms with van der Waals surface area (Å²) in [5.74, 6) is 0. The molecule has 3 aliphatic carbocycles. The lowest BCUT2D eigenvalue weighted by Crippen LogP contribution is -2.53. The molecule has 1 aromatic carbocycles. The highest BCUT2D eigenvalue weighted by Crippen LogP contribution is 2.34. The number of anilines is 1. The molecule has 3 aliphatic rings. The number of benzene rings is 1. The van der Waals surface area contributed by atoms with Crippen molar-refractivity contribution in [2.45, 2.75) is 127 Å². The minimum absolute atomic E-state index is 0.338. The van der Waals surface area contributed by atoms with Gasteiger partial charge in [0.2, 0.25) is 0 Å². The van der Waals surface area contributed by atoms with Crippen molar-refractivity contribution in [1.29, 1.82) is 0 Å². The highest BCUT2D eigenvalue weighted by Gasteiger charge is 2.47. The number of nitrogens with one attached hydrogen (secondary N) is 1. The van der Waals surface area contributed by atoms with Gasteiger partial charge in [-0.05, 0) is 57.1 Å². The van der Waals surface area contributed by atoms with E-state index >= 15 is 0 Å². The van der Waals surface area contributed by atoms with E-state index in [1.54, 1.807) is 0 Å². The van der Waals surface area contributed by atoms with Crippen LogP contribution in [0.4, 0.5) is 5.69 Å². The minimum atomic E-state index is -2.74. The normalized spacial score (nSPS) is 22.1. The van der Waals surface area contributed by atoms with Gasteiger partial charge in [0.05, 0.1) is 0 Å². The SMILES string of the molecule is c1ccc(NCCC[Si](OC2CCCCC2)(OC2CCCCC2)OC2CCCCC2)cc1. The maximum Gasteiger partial charge on any atom is 0.501 e. The Morgan fingerprint density at radius 2 is 1.06 bits per heavy atom. The van der Waals surface area contributed by atoms with Crippen molar-refractivity contribution in [3.8, 4) is 0 Å². The summed E-state index contributed by atoms with van der Waals surface area (Å²) < 4.78 is 21.0. The molecule has 32 heavy (non-hydrogen) atoms. The molecule has 0 unspecified atom stereocenters. The van der Waals surface area contributed by atoms with Crippen molar-refractivity contribution in [1.82, 2.24) is 0 Å². The van der Waals surface area contributed by atoms with E-state index in [1.165, 1.54) is 102 Å². The van der Waals surface area contributed by atoms with Gasteiger partial charge in [-0.2, -0.15) is 0 Å². The topological polar surface area (TPSA) is 39.7 Å². The highest BCUT2D eigenvalue weighted by molar-refractivity contribution is 6.60. The third-order valence-corrected chi connectivity index (χ3v) is 10.5. The Morgan fingerprint density at radius 3 is 1.50 bits per heavy atom. The molecule has 0 bridgehead atoms. The molecule has 180 valence electrons. The second kappa shape index (κ2) is 13.1. The fourth-order valence-corrected chi connectivity index (χ4v) is 9.03. The van der Waals surface area contributed by atoms with Gasteiger partial charge in [0.1, 0.15) is 0 Å². The first kappa shape index (κ1) is 24.2. The summed E-state index contributed by atoms with van der Waals surface area (Å²) in [5.41, 5.74) is 1.19. The van der Waals surface area contributed by atoms with Gasteiger partial charge >= 0.3 is 8.80 Å². The van der Waals surface area contributed by atoms with Crippen molar-refractivity contribution >= 4 is 14.5 Å². The molecule has 4 rings (SSSR count). The van der Waals surface area contributed by atoms with Crippen LogP contribution in [0.5, 0.6) is 0 Å². The van der Waals surface area contributed by atoms with Crippen LogP contribution in [0.25, 0.3) is 0 Å². The minimum Gasteiger partial charge on any atom is -0.385 e. The molecule has 4 nitrogen and oxygen atoms in total. The maximum absolute atomic E-state index is 7.00. The first-order chi connectivity index (χ1) is 15.8. The quantitative estimate of drug-likeness (QED) is 0.275. The van der Waals surface area contributed by atoms with E-state index in [9.17, 15) is 0 Å². The van der Waals surface area contributed by atoms with Crippen LogP contribution in [-0.2, 0) is 13.3 Å². The second-order valence-corrected chi connectivity index (χ2v) is 12.8. The number of hydrogen-bond donors (Lipinski definition) is 1. The standard InChI is InChI=1S/C27H45NO3Si/c1-5-14-24(15-6-1)28-22-13-23-32(29-25-16-7-2-8-17-25,30-26-18-9-3-10-19-26)31-27-20-11-4-12-21-27/h1,5-6,14-15,25-28H,2-4,7-13,16-23H2. The molecule has 1 N–H and O–H groups in total. The summed E-state index contributed by atoms with van der Waals surface area (Å²) >= 11 is 0. The van der Waals surface area contributed by atoms with E-state index in [4.69, 9.17) is 13.3 Å². The Bertz CT molecular complexity index is 575.